The number of nitrogens with two attached hydrogens (primary N) is 1. The highest BCUT2D eigenvalue weighted by Gasteiger charge is 2.80. The van der Waals surface area contributed by atoms with Crippen molar-refractivity contribution in [2.45, 2.75) is 71.4 Å². The number of Topliss-reactive ketones (excluding diaryl/α,β-unsaturated/α-hetero) is 3. The molecule has 2 aromatic carbocycles. The Morgan fingerprint density at radius 3 is 2.21 bits per heavy atom. The van der Waals surface area contributed by atoms with E-state index >= 15 is 0 Å². The molecule has 7 N–H and O–H groups in total. The second-order valence-electron chi connectivity index (χ2n) is 13.4. The van der Waals surface area contributed by atoms with E-state index in [1.54, 1.807) is 58.0 Å². The summed E-state index contributed by atoms with van der Waals surface area (Å²) in [5.41, 5.74) is 0.977. The molecule has 0 aromatic heterocycles. The first kappa shape index (κ1) is 31.0. The average Bonchev–Trinajstić information content (AvgIpc) is 2.93. The Morgan fingerprint density at radius 1 is 1.02 bits per heavy atom. The predicted molar refractivity (Wildman–Crippen MR) is 155 cm³/mol. The topological polar surface area (TPSA) is 195 Å². The van der Waals surface area contributed by atoms with Crippen LogP contribution in [0.15, 0.2) is 36.4 Å². The third-order valence-electron chi connectivity index (χ3n) is 11.2. The summed E-state index contributed by atoms with van der Waals surface area (Å²) >= 11 is 0. The molecule has 2 fully saturated rings. The first-order valence-corrected chi connectivity index (χ1v) is 14.5. The number of phenolic OH excluding ortho intramolecular Hbond substituents is 1. The van der Waals surface area contributed by atoms with Gasteiger partial charge in [-0.25, -0.2) is 0 Å². The normalized spacial score (nSPS) is 38.7. The largest absolute Gasteiger partial charge is 0.507 e. The van der Waals surface area contributed by atoms with E-state index in [0.717, 1.165) is 0 Å². The zero-order chi connectivity index (χ0) is 32.1. The van der Waals surface area contributed by atoms with Gasteiger partial charge >= 0.3 is 0 Å². The lowest BCUT2D eigenvalue weighted by Crippen LogP contribution is -2.83. The zero-order valence-electron chi connectivity index (χ0n) is 25.0. The van der Waals surface area contributed by atoms with Crippen LogP contribution in [0.4, 0.5) is 0 Å². The van der Waals surface area contributed by atoms with E-state index in [2.05, 4.69) is 0 Å². The first-order chi connectivity index (χ1) is 19.9. The Balaban J connectivity index is 1.82. The molecule has 3 aliphatic rings. The summed E-state index contributed by atoms with van der Waals surface area (Å²) in [6.45, 7) is 9.55. The number of phenols is 1. The maximum absolute atomic E-state index is 14.4. The maximum atomic E-state index is 14.4. The van der Waals surface area contributed by atoms with Crippen molar-refractivity contribution in [2.75, 3.05) is 0 Å². The van der Waals surface area contributed by atoms with E-state index in [4.69, 9.17) is 5.73 Å². The summed E-state index contributed by atoms with van der Waals surface area (Å²) in [5, 5.41) is 59.1. The molecule has 5 rings (SSSR count). The maximum Gasteiger partial charge on any atom is 0.230 e. The number of hydrogen-bond acceptors (Lipinski definition) is 9. The second kappa shape index (κ2) is 9.79. The average molecular weight is 594 g/mol. The van der Waals surface area contributed by atoms with Crippen LogP contribution in [-0.2, 0) is 9.59 Å². The molecule has 10 nitrogen and oxygen atoms in total. The Morgan fingerprint density at radius 2 is 1.65 bits per heavy atom. The van der Waals surface area contributed by atoms with Crippen LogP contribution in [0.2, 0.25) is 0 Å². The number of carbonyl (C=O) groups is 4. The Hall–Kier alpha value is -3.44. The molecule has 0 saturated heterocycles. The first-order valence-electron chi connectivity index (χ1n) is 14.5. The van der Waals surface area contributed by atoms with E-state index < -0.39 is 81.8 Å². The second-order valence-corrected chi connectivity index (χ2v) is 13.4. The van der Waals surface area contributed by atoms with Gasteiger partial charge in [0.1, 0.15) is 17.8 Å². The van der Waals surface area contributed by atoms with Crippen molar-refractivity contribution < 1.29 is 44.7 Å². The minimum absolute atomic E-state index is 0.130. The van der Waals surface area contributed by atoms with Gasteiger partial charge in [0.15, 0.2) is 23.0 Å². The van der Waals surface area contributed by atoms with Gasteiger partial charge in [-0.3, -0.25) is 19.2 Å². The minimum Gasteiger partial charge on any atom is -0.507 e. The van der Waals surface area contributed by atoms with Gasteiger partial charge in [0, 0.05) is 16.4 Å². The highest BCUT2D eigenvalue weighted by Crippen LogP contribution is 2.68. The fourth-order valence-electron chi connectivity index (χ4n) is 8.98. The van der Waals surface area contributed by atoms with Gasteiger partial charge in [0.25, 0.3) is 0 Å². The summed E-state index contributed by atoms with van der Waals surface area (Å²) in [7, 11) is 0. The highest BCUT2D eigenvalue weighted by molar-refractivity contribution is 6.10. The van der Waals surface area contributed by atoms with Crippen LogP contribution in [0.5, 0.6) is 5.75 Å². The van der Waals surface area contributed by atoms with Crippen molar-refractivity contribution >= 4 is 23.3 Å². The quantitative estimate of drug-likeness (QED) is 0.227. The van der Waals surface area contributed by atoms with Crippen molar-refractivity contribution in [2.24, 2.45) is 40.2 Å². The summed E-state index contributed by atoms with van der Waals surface area (Å²) in [4.78, 5) is 52.9. The number of aliphatic hydroxyl groups is 4. The molecular weight excluding hydrogens is 554 g/mol. The number of rotatable bonds is 4. The van der Waals surface area contributed by atoms with Gasteiger partial charge in [-0.1, -0.05) is 58.9 Å². The molecule has 0 aliphatic heterocycles. The number of carbonyl (C=O) groups excluding carboxylic acids is 4. The van der Waals surface area contributed by atoms with E-state index in [1.807, 2.05) is 0 Å². The number of hydrogen-bond donors (Lipinski definition) is 6. The molecule has 2 unspecified atom stereocenters. The molecular formula is C33H39NO9. The number of benzene rings is 2. The molecule has 43 heavy (non-hydrogen) atoms. The van der Waals surface area contributed by atoms with Crippen molar-refractivity contribution in [3.8, 4) is 16.9 Å². The van der Waals surface area contributed by atoms with Crippen LogP contribution in [0, 0.1) is 34.5 Å². The molecule has 0 bridgehead atoms. The van der Waals surface area contributed by atoms with Gasteiger partial charge in [-0.2, -0.15) is 0 Å². The molecule has 2 aromatic rings. The molecule has 2 saturated carbocycles. The van der Waals surface area contributed by atoms with Gasteiger partial charge in [-0.15, -0.1) is 0 Å². The van der Waals surface area contributed by atoms with Crippen LogP contribution in [0.25, 0.3) is 11.1 Å². The van der Waals surface area contributed by atoms with Crippen LogP contribution in [0.1, 0.15) is 73.7 Å². The van der Waals surface area contributed by atoms with Gasteiger partial charge in [0.05, 0.1) is 23.7 Å². The van der Waals surface area contributed by atoms with Crippen molar-refractivity contribution in [3.05, 3.63) is 53.1 Å². The summed E-state index contributed by atoms with van der Waals surface area (Å²) < 4.78 is 0. The summed E-state index contributed by atoms with van der Waals surface area (Å²) in [6.07, 6.45) is -5.47. The van der Waals surface area contributed by atoms with Crippen LogP contribution >= 0.6 is 0 Å². The number of primary amides is 1. The Kier molecular flexibility index (Phi) is 7.05. The fraction of sp³-hybridized carbons (Fsp3) is 0.515. The standard InChI is InChI=1S/C33H39NO9/c1-13(2)23-26(38)22(29(34)41)27(39)33(43)28(40)24-25(37)21-19(36)11-10-18(17-9-7-8-16(12-17)15(4)35)20(21)14(3)31(24,5)30(42)32(23,33)6/h7-14,22-24,26,28,30,36,38,40,42-43H,1-6H3,(H2,34,41)/t14-,22-,23+,24-,26?,28?,30-,31+,32+,33+/m1/s1. The molecule has 0 spiro atoms. The van der Waals surface area contributed by atoms with Crippen molar-refractivity contribution in [3.63, 3.8) is 0 Å². The van der Waals surface area contributed by atoms with Gasteiger partial charge in [-0.05, 0) is 53.5 Å². The van der Waals surface area contributed by atoms with Crippen LogP contribution < -0.4 is 5.73 Å². The third kappa shape index (κ3) is 3.67. The molecule has 1 amide bonds. The zero-order valence-corrected chi connectivity index (χ0v) is 25.0. The third-order valence-corrected chi connectivity index (χ3v) is 11.2. The van der Waals surface area contributed by atoms with Gasteiger partial charge < -0.3 is 31.3 Å². The van der Waals surface area contributed by atoms with E-state index in [-0.39, 0.29) is 17.1 Å². The molecule has 0 heterocycles. The molecule has 0 radical (unpaired) electrons. The monoisotopic (exact) mass is 593 g/mol. The van der Waals surface area contributed by atoms with Crippen molar-refractivity contribution in [1.82, 2.24) is 0 Å². The molecule has 3 aliphatic carbocycles. The molecule has 230 valence electrons. The number of aromatic hydroxyl groups is 1. The molecule has 10 heteroatoms. The number of amides is 1. The highest BCUT2D eigenvalue weighted by atomic mass is 16.4. The predicted octanol–water partition coefficient (Wildman–Crippen LogP) is 1.97. The smallest absolute Gasteiger partial charge is 0.230 e. The fourth-order valence-corrected chi connectivity index (χ4v) is 8.98. The summed E-state index contributed by atoms with van der Waals surface area (Å²) in [6, 6.07) is 9.72. The van der Waals surface area contributed by atoms with E-state index in [9.17, 15) is 44.7 Å². The van der Waals surface area contributed by atoms with E-state index in [1.165, 1.54) is 19.9 Å². The minimum atomic E-state index is -2.85. The number of ketones is 3. The van der Waals surface area contributed by atoms with Crippen LogP contribution in [-0.4, -0.2) is 72.7 Å². The van der Waals surface area contributed by atoms with Crippen molar-refractivity contribution in [1.29, 1.82) is 0 Å². The van der Waals surface area contributed by atoms with Crippen LogP contribution in [0.3, 0.4) is 0 Å². The lowest BCUT2D eigenvalue weighted by Gasteiger charge is -2.69. The lowest BCUT2D eigenvalue weighted by atomic mass is 9.36. The van der Waals surface area contributed by atoms with Gasteiger partial charge in [0.2, 0.25) is 5.91 Å². The Bertz CT molecular complexity index is 1570. The van der Waals surface area contributed by atoms with E-state index in [0.29, 0.717) is 22.3 Å². The number of fused-ring (bicyclic) bond motifs is 3. The Labute approximate surface area is 249 Å². The number of aliphatic hydroxyl groups excluding tert-OH is 3. The SMILES string of the molecule is CC(=O)c1cccc(-c2ccc(O)c3c2[C@@H](C)[C@@]2(C)[C@H](C3=O)C(O)[C@@]3(O)C(=O)[C@H](C(N)=O)C(O)[C@H](C(C)C)[C@@]3(C)[C@@H]2O)c1. The molecule has 10 atom stereocenters. The lowest BCUT2D eigenvalue weighted by molar-refractivity contribution is -0.306. The summed E-state index contributed by atoms with van der Waals surface area (Å²) in [5.74, 6) is -9.66.